The fourth-order valence-corrected chi connectivity index (χ4v) is 2.49. The molecule has 0 aliphatic carbocycles. The summed E-state index contributed by atoms with van der Waals surface area (Å²) >= 11 is 0. The fraction of sp³-hybridized carbons (Fsp3) is 0.0588. The lowest BCUT2D eigenvalue weighted by atomic mass is 10.1. The summed E-state index contributed by atoms with van der Waals surface area (Å²) in [6.07, 6.45) is 6.29. The Labute approximate surface area is 127 Å². The van der Waals surface area contributed by atoms with Crippen LogP contribution < -0.4 is 0 Å². The monoisotopic (exact) mass is 286 g/mol. The average Bonchev–Trinajstić information content (AvgIpc) is 2.95. The van der Waals surface area contributed by atoms with Crippen molar-refractivity contribution in [3.8, 4) is 22.8 Å². The van der Waals surface area contributed by atoms with Crippen molar-refractivity contribution in [2.75, 3.05) is 0 Å². The van der Waals surface area contributed by atoms with E-state index < -0.39 is 0 Å². The molecule has 0 aliphatic rings. The van der Waals surface area contributed by atoms with Crippen molar-refractivity contribution in [1.82, 2.24) is 24.3 Å². The molecule has 0 unspecified atom stereocenters. The van der Waals surface area contributed by atoms with E-state index in [0.717, 1.165) is 34.1 Å². The van der Waals surface area contributed by atoms with Gasteiger partial charge in [-0.3, -0.25) is 9.38 Å². The number of fused-ring (bicyclic) bond motifs is 1. The van der Waals surface area contributed by atoms with Gasteiger partial charge in [-0.1, -0.05) is 12.1 Å². The van der Waals surface area contributed by atoms with Gasteiger partial charge in [0.25, 0.3) is 0 Å². The van der Waals surface area contributed by atoms with Crippen LogP contribution in [-0.4, -0.2) is 24.3 Å². The summed E-state index contributed by atoms with van der Waals surface area (Å²) in [5.74, 6) is 0. The maximum absolute atomic E-state index is 4.73. The molecule has 105 valence electrons. The number of pyridine rings is 2. The van der Waals surface area contributed by atoms with Crippen LogP contribution in [0.25, 0.3) is 28.4 Å². The highest BCUT2D eigenvalue weighted by Gasteiger charge is 2.17. The van der Waals surface area contributed by atoms with Gasteiger partial charge in [-0.15, -0.1) is 0 Å². The van der Waals surface area contributed by atoms with Crippen molar-refractivity contribution in [1.29, 1.82) is 0 Å². The Balaban J connectivity index is 2.06. The van der Waals surface area contributed by atoms with Gasteiger partial charge in [-0.25, -0.2) is 15.0 Å². The molecule has 0 atom stereocenters. The molecule has 4 rings (SSSR count). The molecule has 0 bridgehead atoms. The van der Waals surface area contributed by atoms with E-state index in [2.05, 4.69) is 21.3 Å². The summed E-state index contributed by atoms with van der Waals surface area (Å²) in [5, 5.41) is 0. The van der Waals surface area contributed by atoms with E-state index in [1.54, 1.807) is 6.20 Å². The highest BCUT2D eigenvalue weighted by Crippen LogP contribution is 2.30. The lowest BCUT2D eigenvalue weighted by molar-refractivity contribution is 1.11. The number of aryl methyl sites for hydroxylation is 1. The number of hydrogen-bond acceptors (Lipinski definition) is 4. The second-order valence-corrected chi connectivity index (χ2v) is 4.94. The van der Waals surface area contributed by atoms with Gasteiger partial charge in [-0.05, 0) is 37.3 Å². The Bertz CT molecular complexity index is 944. The van der Waals surface area contributed by atoms with Gasteiger partial charge >= 0.3 is 0 Å². The summed E-state index contributed by atoms with van der Waals surface area (Å²) in [7, 11) is 0. The Morgan fingerprint density at radius 1 is 0.955 bits per heavy atom. The summed E-state index contributed by atoms with van der Waals surface area (Å²) in [5.41, 5.74) is 5.11. The molecule has 1 radical (unpaired) electrons. The number of aromatic nitrogens is 5. The van der Waals surface area contributed by atoms with Crippen LogP contribution in [0.15, 0.2) is 54.9 Å². The minimum absolute atomic E-state index is 0.770. The van der Waals surface area contributed by atoms with E-state index in [0.29, 0.717) is 0 Å². The van der Waals surface area contributed by atoms with E-state index in [1.807, 2.05) is 60.0 Å². The van der Waals surface area contributed by atoms with Crippen LogP contribution in [0, 0.1) is 13.3 Å². The van der Waals surface area contributed by atoms with Gasteiger partial charge in [0, 0.05) is 18.1 Å². The third kappa shape index (κ3) is 2.03. The molecule has 0 fully saturated rings. The van der Waals surface area contributed by atoms with E-state index in [-0.39, 0.29) is 0 Å². The molecule has 0 spiro atoms. The predicted octanol–water partition coefficient (Wildman–Crippen LogP) is 2.96. The largest absolute Gasteiger partial charge is 0.298 e. The van der Waals surface area contributed by atoms with Gasteiger partial charge in [0.2, 0.25) is 0 Å². The molecule has 0 aliphatic heterocycles. The number of imidazole rings is 1. The molecular weight excluding hydrogens is 274 g/mol. The quantitative estimate of drug-likeness (QED) is 0.568. The molecule has 5 heteroatoms. The highest BCUT2D eigenvalue weighted by molar-refractivity contribution is 5.78. The Kier molecular flexibility index (Phi) is 2.89. The Hall–Kier alpha value is -3.08. The van der Waals surface area contributed by atoms with E-state index in [9.17, 15) is 0 Å². The summed E-state index contributed by atoms with van der Waals surface area (Å²) in [6, 6.07) is 13.7. The van der Waals surface area contributed by atoms with Crippen molar-refractivity contribution in [2.24, 2.45) is 0 Å². The molecule has 0 aromatic carbocycles. The SMILES string of the molecule is Cc1cccc(-c2nc3ccccn3c2-c2ccn[c]n2)n1. The Morgan fingerprint density at radius 2 is 1.91 bits per heavy atom. The van der Waals surface area contributed by atoms with Crippen molar-refractivity contribution in [3.63, 3.8) is 0 Å². The van der Waals surface area contributed by atoms with Gasteiger partial charge in [-0.2, -0.15) is 0 Å². The van der Waals surface area contributed by atoms with Crippen LogP contribution in [0.1, 0.15) is 5.69 Å². The molecule has 0 saturated carbocycles. The zero-order chi connectivity index (χ0) is 14.9. The second-order valence-electron chi connectivity index (χ2n) is 4.94. The van der Waals surface area contributed by atoms with Crippen LogP contribution in [0.3, 0.4) is 0 Å². The average molecular weight is 286 g/mol. The predicted molar refractivity (Wildman–Crippen MR) is 83.0 cm³/mol. The van der Waals surface area contributed by atoms with E-state index in [4.69, 9.17) is 4.98 Å². The third-order valence-corrected chi connectivity index (χ3v) is 3.44. The first kappa shape index (κ1) is 12.6. The van der Waals surface area contributed by atoms with Crippen LogP contribution in [-0.2, 0) is 0 Å². The molecule has 4 heterocycles. The fourth-order valence-electron chi connectivity index (χ4n) is 2.49. The standard InChI is InChI=1S/C17H12N5/c1-12-5-4-6-13(20-12)16-17(14-8-9-18-11-19-14)22-10-3-2-7-15(22)21-16/h2-10H,1H3. The maximum Gasteiger partial charge on any atom is 0.198 e. The molecule has 5 nitrogen and oxygen atoms in total. The first-order valence-corrected chi connectivity index (χ1v) is 6.93. The number of hydrogen-bond donors (Lipinski definition) is 0. The molecule has 4 aromatic heterocycles. The molecule has 0 saturated heterocycles. The minimum Gasteiger partial charge on any atom is -0.298 e. The van der Waals surface area contributed by atoms with Crippen molar-refractivity contribution in [2.45, 2.75) is 6.92 Å². The number of rotatable bonds is 2. The summed E-state index contributed by atoms with van der Waals surface area (Å²) in [6.45, 7) is 1.97. The van der Waals surface area contributed by atoms with Gasteiger partial charge < -0.3 is 0 Å². The molecule has 0 N–H and O–H groups in total. The van der Waals surface area contributed by atoms with Crippen LogP contribution in [0.2, 0.25) is 0 Å². The van der Waals surface area contributed by atoms with Gasteiger partial charge in [0.1, 0.15) is 17.0 Å². The normalized spacial score (nSPS) is 11.0. The Morgan fingerprint density at radius 3 is 2.73 bits per heavy atom. The highest BCUT2D eigenvalue weighted by atomic mass is 15.0. The topological polar surface area (TPSA) is 56.0 Å². The summed E-state index contributed by atoms with van der Waals surface area (Å²) < 4.78 is 2.01. The first-order chi connectivity index (χ1) is 10.8. The lowest BCUT2D eigenvalue weighted by Crippen LogP contribution is -1.94. The van der Waals surface area contributed by atoms with Crippen LogP contribution >= 0.6 is 0 Å². The second kappa shape index (κ2) is 5.04. The zero-order valence-electron chi connectivity index (χ0n) is 11.9. The van der Waals surface area contributed by atoms with Crippen LogP contribution in [0.4, 0.5) is 0 Å². The molecular formula is C17H12N5. The minimum atomic E-state index is 0.770. The van der Waals surface area contributed by atoms with E-state index >= 15 is 0 Å². The van der Waals surface area contributed by atoms with Crippen molar-refractivity contribution >= 4 is 5.65 Å². The van der Waals surface area contributed by atoms with Gasteiger partial charge in [0.05, 0.1) is 11.4 Å². The van der Waals surface area contributed by atoms with Crippen molar-refractivity contribution < 1.29 is 0 Å². The van der Waals surface area contributed by atoms with Gasteiger partial charge in [0.15, 0.2) is 6.33 Å². The smallest absolute Gasteiger partial charge is 0.198 e. The third-order valence-electron chi connectivity index (χ3n) is 3.44. The van der Waals surface area contributed by atoms with E-state index in [1.165, 1.54) is 0 Å². The lowest BCUT2D eigenvalue weighted by Gasteiger charge is -2.04. The number of nitrogens with zero attached hydrogens (tertiary/aromatic N) is 5. The molecule has 4 aromatic rings. The summed E-state index contributed by atoms with van der Waals surface area (Å²) in [4.78, 5) is 17.4. The first-order valence-electron chi connectivity index (χ1n) is 6.93. The molecule has 22 heavy (non-hydrogen) atoms. The van der Waals surface area contributed by atoms with Crippen molar-refractivity contribution in [3.05, 3.63) is 66.9 Å². The molecule has 0 amide bonds. The zero-order valence-corrected chi connectivity index (χ0v) is 11.9. The van der Waals surface area contributed by atoms with Crippen LogP contribution in [0.5, 0.6) is 0 Å². The maximum atomic E-state index is 4.73.